The van der Waals surface area contributed by atoms with Crippen LogP contribution in [-0.2, 0) is 0 Å². The average molecular weight is 309 g/mol. The Labute approximate surface area is 134 Å². The third-order valence-corrected chi connectivity index (χ3v) is 4.26. The van der Waals surface area contributed by atoms with E-state index in [9.17, 15) is 0 Å². The summed E-state index contributed by atoms with van der Waals surface area (Å²) in [6, 6.07) is 14.3. The lowest BCUT2D eigenvalue weighted by molar-refractivity contribution is 0.288. The van der Waals surface area contributed by atoms with Gasteiger partial charge in [-0.05, 0) is 44.0 Å². The fraction of sp³-hybridized carbons (Fsp3) is 0.353. The maximum atomic E-state index is 5.94. The SMILES string of the molecule is Cc1nnc2ccc(N3CCC[C@@H]3COc3ccccc3)nn12. The molecule has 2 aromatic heterocycles. The molecule has 0 amide bonds. The molecule has 1 aromatic carbocycles. The van der Waals surface area contributed by atoms with Crippen molar-refractivity contribution in [3.63, 3.8) is 0 Å². The third kappa shape index (κ3) is 2.72. The van der Waals surface area contributed by atoms with Gasteiger partial charge in [-0.3, -0.25) is 0 Å². The Morgan fingerprint density at radius 3 is 2.87 bits per heavy atom. The molecule has 4 rings (SSSR count). The summed E-state index contributed by atoms with van der Waals surface area (Å²) in [5.74, 6) is 2.68. The van der Waals surface area contributed by atoms with Gasteiger partial charge in [-0.1, -0.05) is 18.2 Å². The van der Waals surface area contributed by atoms with Crippen LogP contribution < -0.4 is 9.64 Å². The molecule has 118 valence electrons. The van der Waals surface area contributed by atoms with Crippen molar-refractivity contribution in [2.24, 2.45) is 0 Å². The Morgan fingerprint density at radius 2 is 2.00 bits per heavy atom. The van der Waals surface area contributed by atoms with Gasteiger partial charge in [0, 0.05) is 6.54 Å². The lowest BCUT2D eigenvalue weighted by atomic mass is 10.2. The Morgan fingerprint density at radius 1 is 1.13 bits per heavy atom. The highest BCUT2D eigenvalue weighted by atomic mass is 16.5. The maximum Gasteiger partial charge on any atom is 0.178 e. The van der Waals surface area contributed by atoms with E-state index in [-0.39, 0.29) is 0 Å². The first-order chi connectivity index (χ1) is 11.3. The van der Waals surface area contributed by atoms with Gasteiger partial charge >= 0.3 is 0 Å². The van der Waals surface area contributed by atoms with E-state index in [1.54, 1.807) is 4.52 Å². The van der Waals surface area contributed by atoms with Crippen LogP contribution in [0.2, 0.25) is 0 Å². The van der Waals surface area contributed by atoms with E-state index in [2.05, 4.69) is 20.2 Å². The number of aryl methyl sites for hydroxylation is 1. The highest BCUT2D eigenvalue weighted by molar-refractivity contribution is 5.47. The summed E-state index contributed by atoms with van der Waals surface area (Å²) >= 11 is 0. The fourth-order valence-electron chi connectivity index (χ4n) is 3.06. The van der Waals surface area contributed by atoms with Gasteiger partial charge in [0.25, 0.3) is 0 Å². The van der Waals surface area contributed by atoms with Crippen molar-refractivity contribution in [2.45, 2.75) is 25.8 Å². The van der Waals surface area contributed by atoms with Gasteiger partial charge in [0.15, 0.2) is 11.5 Å². The van der Waals surface area contributed by atoms with Crippen LogP contribution in [0, 0.1) is 6.92 Å². The summed E-state index contributed by atoms with van der Waals surface area (Å²) in [7, 11) is 0. The van der Waals surface area contributed by atoms with Crippen LogP contribution in [0.1, 0.15) is 18.7 Å². The van der Waals surface area contributed by atoms with Gasteiger partial charge in [-0.15, -0.1) is 15.3 Å². The fourth-order valence-corrected chi connectivity index (χ4v) is 3.06. The molecule has 1 atom stereocenters. The normalized spacial score (nSPS) is 17.8. The summed E-state index contributed by atoms with van der Waals surface area (Å²) in [6.07, 6.45) is 2.28. The Bertz CT molecular complexity index is 801. The van der Waals surface area contributed by atoms with Gasteiger partial charge < -0.3 is 9.64 Å². The van der Waals surface area contributed by atoms with Gasteiger partial charge in [-0.2, -0.15) is 4.52 Å². The van der Waals surface area contributed by atoms with Crippen LogP contribution >= 0.6 is 0 Å². The monoisotopic (exact) mass is 309 g/mol. The van der Waals surface area contributed by atoms with Crippen molar-refractivity contribution < 1.29 is 4.74 Å². The maximum absolute atomic E-state index is 5.94. The third-order valence-electron chi connectivity index (χ3n) is 4.26. The smallest absolute Gasteiger partial charge is 0.178 e. The molecular weight excluding hydrogens is 290 g/mol. The zero-order chi connectivity index (χ0) is 15.6. The second-order valence-electron chi connectivity index (χ2n) is 5.82. The first-order valence-electron chi connectivity index (χ1n) is 7.95. The van der Waals surface area contributed by atoms with Crippen molar-refractivity contribution >= 4 is 11.5 Å². The zero-order valence-electron chi connectivity index (χ0n) is 13.1. The summed E-state index contributed by atoms with van der Waals surface area (Å²) in [5.41, 5.74) is 0.780. The summed E-state index contributed by atoms with van der Waals surface area (Å²) in [5, 5.41) is 12.8. The summed E-state index contributed by atoms with van der Waals surface area (Å²) in [4.78, 5) is 2.32. The number of rotatable bonds is 4. The second-order valence-corrected chi connectivity index (χ2v) is 5.82. The molecule has 0 spiro atoms. The molecule has 0 radical (unpaired) electrons. The number of fused-ring (bicyclic) bond motifs is 1. The van der Waals surface area contributed by atoms with Crippen LogP contribution in [0.5, 0.6) is 5.75 Å². The van der Waals surface area contributed by atoms with Crippen LogP contribution in [0.25, 0.3) is 5.65 Å². The molecule has 3 heterocycles. The van der Waals surface area contributed by atoms with Crippen molar-refractivity contribution in [1.29, 1.82) is 0 Å². The molecule has 1 fully saturated rings. The van der Waals surface area contributed by atoms with E-state index >= 15 is 0 Å². The van der Waals surface area contributed by atoms with E-state index in [1.807, 2.05) is 49.4 Å². The van der Waals surface area contributed by atoms with E-state index in [1.165, 1.54) is 0 Å². The number of benzene rings is 1. The number of nitrogens with zero attached hydrogens (tertiary/aromatic N) is 5. The summed E-state index contributed by atoms with van der Waals surface area (Å²) in [6.45, 7) is 3.59. The molecule has 0 aliphatic carbocycles. The van der Waals surface area contributed by atoms with E-state index < -0.39 is 0 Å². The molecule has 1 saturated heterocycles. The molecule has 0 unspecified atom stereocenters. The number of hydrogen-bond acceptors (Lipinski definition) is 5. The van der Waals surface area contributed by atoms with Crippen molar-refractivity contribution in [1.82, 2.24) is 19.8 Å². The second kappa shape index (κ2) is 5.87. The Balaban J connectivity index is 1.53. The van der Waals surface area contributed by atoms with Gasteiger partial charge in [0.2, 0.25) is 0 Å². The quantitative estimate of drug-likeness (QED) is 0.741. The van der Waals surface area contributed by atoms with Crippen molar-refractivity contribution in [3.8, 4) is 5.75 Å². The minimum atomic E-state index is 0.344. The number of anilines is 1. The predicted octanol–water partition coefficient (Wildman–Crippen LogP) is 2.48. The first kappa shape index (κ1) is 14.0. The van der Waals surface area contributed by atoms with Crippen LogP contribution in [0.15, 0.2) is 42.5 Å². The minimum absolute atomic E-state index is 0.344. The molecular formula is C17H19N5O. The Hall–Kier alpha value is -2.63. The zero-order valence-corrected chi connectivity index (χ0v) is 13.1. The molecule has 3 aromatic rings. The highest BCUT2D eigenvalue weighted by Gasteiger charge is 2.26. The highest BCUT2D eigenvalue weighted by Crippen LogP contribution is 2.25. The van der Waals surface area contributed by atoms with Gasteiger partial charge in [0.1, 0.15) is 18.2 Å². The van der Waals surface area contributed by atoms with E-state index in [0.29, 0.717) is 12.6 Å². The van der Waals surface area contributed by atoms with Crippen LogP contribution in [0.3, 0.4) is 0 Å². The molecule has 23 heavy (non-hydrogen) atoms. The van der Waals surface area contributed by atoms with Gasteiger partial charge in [0.05, 0.1) is 6.04 Å². The topological polar surface area (TPSA) is 55.5 Å². The van der Waals surface area contributed by atoms with E-state index in [0.717, 1.165) is 42.4 Å². The number of aromatic nitrogens is 4. The van der Waals surface area contributed by atoms with Crippen LogP contribution in [-0.4, -0.2) is 39.0 Å². The lowest BCUT2D eigenvalue weighted by Gasteiger charge is -2.25. The van der Waals surface area contributed by atoms with Crippen LogP contribution in [0.4, 0.5) is 5.82 Å². The predicted molar refractivity (Wildman–Crippen MR) is 87.8 cm³/mol. The standard InChI is InChI=1S/C17H19N5O/c1-13-18-19-16-9-10-17(20-22(13)16)21-11-5-6-14(21)12-23-15-7-3-2-4-8-15/h2-4,7-10,14H,5-6,11-12H2,1H3/t14-/m1/s1. The molecule has 0 bridgehead atoms. The molecule has 1 aliphatic rings. The lowest BCUT2D eigenvalue weighted by Crippen LogP contribution is -2.35. The van der Waals surface area contributed by atoms with Crippen molar-refractivity contribution in [2.75, 3.05) is 18.1 Å². The number of hydrogen-bond donors (Lipinski definition) is 0. The minimum Gasteiger partial charge on any atom is -0.491 e. The number of para-hydroxylation sites is 1. The number of ether oxygens (including phenoxy) is 1. The molecule has 0 saturated carbocycles. The first-order valence-corrected chi connectivity index (χ1v) is 7.95. The molecule has 6 heteroatoms. The largest absolute Gasteiger partial charge is 0.491 e. The summed E-state index contributed by atoms with van der Waals surface area (Å²) < 4.78 is 7.73. The Kier molecular flexibility index (Phi) is 3.57. The van der Waals surface area contributed by atoms with Crippen molar-refractivity contribution in [3.05, 3.63) is 48.3 Å². The molecule has 6 nitrogen and oxygen atoms in total. The average Bonchev–Trinajstić information content (AvgIpc) is 3.21. The van der Waals surface area contributed by atoms with Gasteiger partial charge in [-0.25, -0.2) is 0 Å². The molecule has 0 N–H and O–H groups in total. The van der Waals surface area contributed by atoms with E-state index in [4.69, 9.17) is 4.74 Å². The molecule has 1 aliphatic heterocycles.